The number of benzene rings is 2. The van der Waals surface area contributed by atoms with Crippen molar-refractivity contribution < 1.29 is 9.53 Å². The van der Waals surface area contributed by atoms with E-state index in [1.165, 1.54) is 11.1 Å². The standard InChI is InChI=1S/C23H28ClN3O2/c1-26(21-8-4-6-17-5-2-3-7-19(17)21)23(28)16-25-20-15-18(24)9-10-22(20)27-11-13-29-14-12-27/h2-3,5,7,9-10,15,21,25H,4,6,8,11-14,16H2,1H3. The summed E-state index contributed by atoms with van der Waals surface area (Å²) < 4.78 is 5.46. The predicted molar refractivity (Wildman–Crippen MR) is 118 cm³/mol. The highest BCUT2D eigenvalue weighted by Gasteiger charge is 2.26. The van der Waals surface area contributed by atoms with Gasteiger partial charge in [0.2, 0.25) is 5.91 Å². The summed E-state index contributed by atoms with van der Waals surface area (Å²) in [7, 11) is 1.91. The molecule has 6 heteroatoms. The molecule has 29 heavy (non-hydrogen) atoms. The number of carbonyl (C=O) groups excluding carboxylic acids is 1. The van der Waals surface area contributed by atoms with E-state index < -0.39 is 0 Å². The number of nitrogens with zero attached hydrogens (tertiary/aromatic N) is 2. The first-order chi connectivity index (χ1) is 14.1. The zero-order valence-electron chi connectivity index (χ0n) is 16.9. The van der Waals surface area contributed by atoms with Crippen LogP contribution in [0.2, 0.25) is 5.02 Å². The van der Waals surface area contributed by atoms with Gasteiger partial charge in [-0.05, 0) is 48.6 Å². The molecular weight excluding hydrogens is 386 g/mol. The van der Waals surface area contributed by atoms with Gasteiger partial charge in [-0.1, -0.05) is 35.9 Å². The first kappa shape index (κ1) is 20.0. The van der Waals surface area contributed by atoms with Gasteiger partial charge in [0.05, 0.1) is 37.2 Å². The Balaban J connectivity index is 1.45. The predicted octanol–water partition coefficient (Wildman–Crippen LogP) is 4.12. The average molecular weight is 414 g/mol. The van der Waals surface area contributed by atoms with Gasteiger partial charge in [-0.2, -0.15) is 0 Å². The third-order valence-electron chi connectivity index (χ3n) is 5.94. The molecule has 1 saturated heterocycles. The molecule has 0 radical (unpaired) electrons. The van der Waals surface area contributed by atoms with Crippen LogP contribution >= 0.6 is 11.6 Å². The van der Waals surface area contributed by atoms with E-state index in [1.54, 1.807) is 0 Å². The minimum Gasteiger partial charge on any atom is -0.378 e. The molecule has 2 aliphatic rings. The van der Waals surface area contributed by atoms with Crippen molar-refractivity contribution in [1.82, 2.24) is 4.90 Å². The molecule has 1 amide bonds. The van der Waals surface area contributed by atoms with Crippen molar-refractivity contribution in [2.24, 2.45) is 0 Å². The van der Waals surface area contributed by atoms with Crippen LogP contribution in [-0.4, -0.2) is 50.7 Å². The van der Waals surface area contributed by atoms with Gasteiger partial charge >= 0.3 is 0 Å². The van der Waals surface area contributed by atoms with Crippen LogP contribution in [0.25, 0.3) is 0 Å². The molecule has 0 saturated carbocycles. The fourth-order valence-electron chi connectivity index (χ4n) is 4.33. The van der Waals surface area contributed by atoms with Crippen LogP contribution in [0.1, 0.15) is 30.0 Å². The molecule has 1 aliphatic carbocycles. The summed E-state index contributed by atoms with van der Waals surface area (Å²) in [5.41, 5.74) is 4.61. The van der Waals surface area contributed by atoms with Crippen molar-refractivity contribution in [2.45, 2.75) is 25.3 Å². The smallest absolute Gasteiger partial charge is 0.242 e. The Morgan fingerprint density at radius 1 is 1.24 bits per heavy atom. The van der Waals surface area contributed by atoms with Crippen molar-refractivity contribution >= 4 is 28.9 Å². The Bertz CT molecular complexity index is 867. The molecule has 154 valence electrons. The van der Waals surface area contributed by atoms with Crippen LogP contribution in [0.15, 0.2) is 42.5 Å². The number of likely N-dealkylation sites (N-methyl/N-ethyl adjacent to an activating group) is 1. The molecule has 2 aromatic rings. The van der Waals surface area contributed by atoms with Gasteiger partial charge in [0.25, 0.3) is 0 Å². The Hall–Kier alpha value is -2.24. The van der Waals surface area contributed by atoms with Gasteiger partial charge in [0, 0.05) is 25.2 Å². The van der Waals surface area contributed by atoms with Crippen LogP contribution in [0.4, 0.5) is 11.4 Å². The highest BCUT2D eigenvalue weighted by Crippen LogP contribution is 2.34. The number of anilines is 2. The summed E-state index contributed by atoms with van der Waals surface area (Å²) in [5, 5.41) is 4.00. The lowest BCUT2D eigenvalue weighted by Gasteiger charge is -2.34. The van der Waals surface area contributed by atoms with E-state index in [1.807, 2.05) is 30.1 Å². The molecule has 0 bridgehead atoms. The number of rotatable bonds is 5. The lowest BCUT2D eigenvalue weighted by Crippen LogP contribution is -2.38. The molecule has 1 fully saturated rings. The third kappa shape index (κ3) is 4.51. The topological polar surface area (TPSA) is 44.8 Å². The SMILES string of the molecule is CN(C(=O)CNc1cc(Cl)ccc1N1CCOCC1)C1CCCc2ccccc21. The normalized spacial score (nSPS) is 18.8. The van der Waals surface area contributed by atoms with E-state index in [4.69, 9.17) is 16.3 Å². The molecule has 0 aromatic heterocycles. The lowest BCUT2D eigenvalue weighted by molar-refractivity contribution is -0.130. The molecule has 4 rings (SSSR count). The third-order valence-corrected chi connectivity index (χ3v) is 6.17. The zero-order chi connectivity index (χ0) is 20.2. The summed E-state index contributed by atoms with van der Waals surface area (Å²) in [6, 6.07) is 14.4. The zero-order valence-corrected chi connectivity index (χ0v) is 17.6. The van der Waals surface area contributed by atoms with Crippen LogP contribution in [-0.2, 0) is 16.0 Å². The van der Waals surface area contributed by atoms with Gasteiger partial charge in [-0.15, -0.1) is 0 Å². The summed E-state index contributed by atoms with van der Waals surface area (Å²) in [5.74, 6) is 0.0830. The molecular formula is C23H28ClN3O2. The lowest BCUT2D eigenvalue weighted by atomic mass is 9.87. The van der Waals surface area contributed by atoms with Crippen LogP contribution in [0.3, 0.4) is 0 Å². The molecule has 2 aromatic carbocycles. The number of carbonyl (C=O) groups is 1. The molecule has 1 unspecified atom stereocenters. The Morgan fingerprint density at radius 3 is 2.86 bits per heavy atom. The molecule has 1 heterocycles. The van der Waals surface area contributed by atoms with Gasteiger partial charge in [0.1, 0.15) is 0 Å². The number of halogens is 1. The summed E-state index contributed by atoms with van der Waals surface area (Å²) in [6.07, 6.45) is 3.22. The maximum absolute atomic E-state index is 13.0. The molecule has 1 aliphatic heterocycles. The average Bonchev–Trinajstić information content (AvgIpc) is 2.77. The monoisotopic (exact) mass is 413 g/mol. The fourth-order valence-corrected chi connectivity index (χ4v) is 4.50. The number of aryl methyl sites for hydroxylation is 1. The van der Waals surface area contributed by atoms with Gasteiger partial charge < -0.3 is 19.9 Å². The maximum atomic E-state index is 13.0. The number of nitrogens with one attached hydrogen (secondary N) is 1. The minimum absolute atomic E-state index is 0.0830. The Labute approximate surface area is 177 Å². The number of ether oxygens (including phenoxy) is 1. The van der Waals surface area contributed by atoms with E-state index in [2.05, 4.69) is 34.5 Å². The van der Waals surface area contributed by atoms with E-state index in [9.17, 15) is 4.79 Å². The number of hydrogen-bond donors (Lipinski definition) is 1. The van der Waals surface area contributed by atoms with Crippen LogP contribution in [0.5, 0.6) is 0 Å². The largest absolute Gasteiger partial charge is 0.378 e. The number of hydrogen-bond acceptors (Lipinski definition) is 4. The van der Waals surface area contributed by atoms with Crippen LogP contribution in [0, 0.1) is 0 Å². The fraction of sp³-hybridized carbons (Fsp3) is 0.435. The van der Waals surface area contributed by atoms with Crippen molar-refractivity contribution in [2.75, 3.05) is 50.1 Å². The quantitative estimate of drug-likeness (QED) is 0.800. The highest BCUT2D eigenvalue weighted by molar-refractivity contribution is 6.31. The summed E-state index contributed by atoms with van der Waals surface area (Å²) in [4.78, 5) is 17.2. The van der Waals surface area contributed by atoms with Gasteiger partial charge in [0.15, 0.2) is 0 Å². The number of morpholine rings is 1. The number of fused-ring (bicyclic) bond motifs is 1. The molecule has 1 N–H and O–H groups in total. The maximum Gasteiger partial charge on any atom is 0.242 e. The first-order valence-corrected chi connectivity index (χ1v) is 10.7. The summed E-state index contributed by atoms with van der Waals surface area (Å²) in [6.45, 7) is 3.34. The van der Waals surface area contributed by atoms with Gasteiger partial charge in [-0.25, -0.2) is 0 Å². The van der Waals surface area contributed by atoms with E-state index in [0.717, 1.165) is 43.7 Å². The second-order valence-electron chi connectivity index (χ2n) is 7.73. The highest BCUT2D eigenvalue weighted by atomic mass is 35.5. The number of amides is 1. The van der Waals surface area contributed by atoms with Crippen molar-refractivity contribution in [3.8, 4) is 0 Å². The van der Waals surface area contributed by atoms with E-state index in [-0.39, 0.29) is 18.5 Å². The van der Waals surface area contributed by atoms with Crippen molar-refractivity contribution in [3.05, 3.63) is 58.6 Å². The van der Waals surface area contributed by atoms with Crippen LogP contribution < -0.4 is 10.2 Å². The van der Waals surface area contributed by atoms with Crippen molar-refractivity contribution in [3.63, 3.8) is 0 Å². The van der Waals surface area contributed by atoms with Crippen molar-refractivity contribution in [1.29, 1.82) is 0 Å². The van der Waals surface area contributed by atoms with E-state index >= 15 is 0 Å². The summed E-state index contributed by atoms with van der Waals surface area (Å²) >= 11 is 6.23. The van der Waals surface area contributed by atoms with Gasteiger partial charge in [-0.3, -0.25) is 4.79 Å². The Morgan fingerprint density at radius 2 is 2.03 bits per heavy atom. The Kier molecular flexibility index (Phi) is 6.26. The minimum atomic E-state index is 0.0830. The molecule has 5 nitrogen and oxygen atoms in total. The van der Waals surface area contributed by atoms with E-state index in [0.29, 0.717) is 18.2 Å². The molecule has 1 atom stereocenters. The second-order valence-corrected chi connectivity index (χ2v) is 8.16. The molecule has 0 spiro atoms. The second kappa shape index (κ2) is 9.06. The first-order valence-electron chi connectivity index (χ1n) is 10.3.